The fourth-order valence-corrected chi connectivity index (χ4v) is 4.16. The van der Waals surface area contributed by atoms with Gasteiger partial charge in [-0.25, -0.2) is 10.2 Å². The Morgan fingerprint density at radius 1 is 1.00 bits per heavy atom. The quantitative estimate of drug-likeness (QED) is 0.329. The molecule has 6 nitrogen and oxygen atoms in total. The highest BCUT2D eigenvalue weighted by atomic mass is 16.4. The zero-order valence-corrected chi connectivity index (χ0v) is 18.8. The number of carbonyl (C=O) groups excluding carboxylic acids is 1. The fourth-order valence-electron chi connectivity index (χ4n) is 4.16. The van der Waals surface area contributed by atoms with Crippen molar-refractivity contribution in [3.05, 3.63) is 100 Å². The minimum atomic E-state index is -0.947. The summed E-state index contributed by atoms with van der Waals surface area (Å²) in [4.78, 5) is 23.7. The Morgan fingerprint density at radius 2 is 1.76 bits per heavy atom. The second kappa shape index (κ2) is 9.12. The molecule has 0 saturated heterocycles. The molecule has 6 heteroatoms. The van der Waals surface area contributed by atoms with Crippen molar-refractivity contribution < 1.29 is 14.7 Å². The van der Waals surface area contributed by atoms with Gasteiger partial charge in [0.05, 0.1) is 18.2 Å². The maximum absolute atomic E-state index is 12.5. The van der Waals surface area contributed by atoms with Gasteiger partial charge in [-0.1, -0.05) is 42.5 Å². The molecule has 33 heavy (non-hydrogen) atoms. The molecule has 0 fully saturated rings. The largest absolute Gasteiger partial charge is 0.478 e. The second-order valence-corrected chi connectivity index (χ2v) is 8.08. The van der Waals surface area contributed by atoms with Crippen LogP contribution in [-0.2, 0) is 11.2 Å². The van der Waals surface area contributed by atoms with E-state index in [9.17, 15) is 14.7 Å². The van der Waals surface area contributed by atoms with E-state index >= 15 is 0 Å². The first kappa shape index (κ1) is 22.0. The second-order valence-electron chi connectivity index (χ2n) is 8.08. The van der Waals surface area contributed by atoms with Crippen LogP contribution in [0.1, 0.15) is 38.4 Å². The van der Waals surface area contributed by atoms with E-state index in [-0.39, 0.29) is 17.9 Å². The smallest absolute Gasteiger partial charge is 0.335 e. The summed E-state index contributed by atoms with van der Waals surface area (Å²) in [5.74, 6) is -1.13. The number of aromatic nitrogens is 1. The zero-order valence-electron chi connectivity index (χ0n) is 18.8. The first-order valence-corrected chi connectivity index (χ1v) is 10.7. The number of fused-ring (bicyclic) bond motifs is 1. The van der Waals surface area contributed by atoms with E-state index in [0.717, 1.165) is 44.5 Å². The van der Waals surface area contributed by atoms with Crippen LogP contribution in [-0.4, -0.2) is 27.8 Å². The fraction of sp³-hybridized carbons (Fsp3) is 0.148. The van der Waals surface area contributed by atoms with E-state index in [0.29, 0.717) is 0 Å². The average molecular weight is 440 g/mol. The lowest BCUT2D eigenvalue weighted by atomic mass is 10.0. The summed E-state index contributed by atoms with van der Waals surface area (Å²) >= 11 is 0. The number of hydrogen-bond donors (Lipinski definition) is 2. The molecule has 0 aliphatic heterocycles. The molecule has 0 radical (unpaired) electrons. The van der Waals surface area contributed by atoms with Crippen molar-refractivity contribution in [1.82, 2.24) is 9.99 Å². The first-order chi connectivity index (χ1) is 15.8. The minimum absolute atomic E-state index is 0.184. The van der Waals surface area contributed by atoms with Crippen LogP contribution in [0.2, 0.25) is 0 Å². The molecule has 1 amide bonds. The van der Waals surface area contributed by atoms with Gasteiger partial charge in [-0.2, -0.15) is 5.10 Å². The van der Waals surface area contributed by atoms with E-state index in [1.54, 1.807) is 18.3 Å². The van der Waals surface area contributed by atoms with Gasteiger partial charge in [0.15, 0.2) is 0 Å². The van der Waals surface area contributed by atoms with Crippen molar-refractivity contribution in [3.63, 3.8) is 0 Å². The minimum Gasteiger partial charge on any atom is -0.478 e. The predicted molar refractivity (Wildman–Crippen MR) is 130 cm³/mol. The van der Waals surface area contributed by atoms with Gasteiger partial charge in [0.2, 0.25) is 5.91 Å². The summed E-state index contributed by atoms with van der Waals surface area (Å²) < 4.78 is 2.06. The molecule has 0 saturated carbocycles. The van der Waals surface area contributed by atoms with Crippen molar-refractivity contribution in [2.45, 2.75) is 27.2 Å². The number of aryl methyl sites for hydroxylation is 2. The van der Waals surface area contributed by atoms with E-state index < -0.39 is 5.97 Å². The van der Waals surface area contributed by atoms with Gasteiger partial charge >= 0.3 is 5.97 Å². The number of benzene rings is 3. The van der Waals surface area contributed by atoms with Crippen LogP contribution in [0.3, 0.4) is 0 Å². The van der Waals surface area contributed by atoms with Gasteiger partial charge < -0.3 is 9.67 Å². The van der Waals surface area contributed by atoms with Crippen molar-refractivity contribution in [1.29, 1.82) is 0 Å². The summed E-state index contributed by atoms with van der Waals surface area (Å²) in [6.07, 6.45) is 1.88. The molecule has 166 valence electrons. The number of carbonyl (C=O) groups is 2. The summed E-state index contributed by atoms with van der Waals surface area (Å²) in [6.45, 7) is 5.84. The lowest BCUT2D eigenvalue weighted by Gasteiger charge is -2.13. The van der Waals surface area contributed by atoms with Crippen molar-refractivity contribution in [2.24, 2.45) is 5.10 Å². The highest BCUT2D eigenvalue weighted by Gasteiger charge is 2.13. The van der Waals surface area contributed by atoms with Crippen LogP contribution in [0.4, 0.5) is 0 Å². The van der Waals surface area contributed by atoms with Gasteiger partial charge in [0.1, 0.15) is 0 Å². The molecule has 0 unspecified atom stereocenters. The number of aromatic carboxylic acids is 1. The Bertz CT molecular complexity index is 1390. The molecule has 0 bridgehead atoms. The van der Waals surface area contributed by atoms with Crippen LogP contribution in [0, 0.1) is 20.8 Å². The monoisotopic (exact) mass is 439 g/mol. The Balaban J connectivity index is 1.50. The Morgan fingerprint density at radius 3 is 2.52 bits per heavy atom. The molecule has 2 N–H and O–H groups in total. The summed E-state index contributed by atoms with van der Waals surface area (Å²) in [5.41, 5.74) is 8.43. The topological polar surface area (TPSA) is 83.7 Å². The Labute approximate surface area is 192 Å². The number of hydrogen-bond acceptors (Lipinski definition) is 3. The SMILES string of the molecule is Cc1cc(C(=O)O)ccc1-n1c(C)cc(/C=N\NC(=O)Cc2cccc3ccccc23)c1C. The van der Waals surface area contributed by atoms with E-state index in [2.05, 4.69) is 15.1 Å². The van der Waals surface area contributed by atoms with E-state index in [4.69, 9.17) is 0 Å². The Hall–Kier alpha value is -4.19. The van der Waals surface area contributed by atoms with Gasteiger partial charge in [-0.3, -0.25) is 4.79 Å². The molecule has 1 aromatic heterocycles. The van der Waals surface area contributed by atoms with Crippen LogP contribution >= 0.6 is 0 Å². The summed E-state index contributed by atoms with van der Waals surface area (Å²) in [6, 6.07) is 21.0. The molecule has 4 aromatic rings. The van der Waals surface area contributed by atoms with Gasteiger partial charge in [0.25, 0.3) is 0 Å². The molecule has 1 heterocycles. The third-order valence-electron chi connectivity index (χ3n) is 5.78. The molecule has 0 atom stereocenters. The lowest BCUT2D eigenvalue weighted by molar-refractivity contribution is -0.120. The van der Waals surface area contributed by atoms with Crippen LogP contribution in [0.15, 0.2) is 71.8 Å². The predicted octanol–water partition coefficient (Wildman–Crippen LogP) is 4.95. The Kier molecular flexibility index (Phi) is 6.09. The number of carboxylic acids is 1. The van der Waals surface area contributed by atoms with E-state index in [1.807, 2.05) is 75.4 Å². The lowest BCUT2D eigenvalue weighted by Crippen LogP contribution is -2.20. The molecule has 0 aliphatic rings. The average Bonchev–Trinajstić information content (AvgIpc) is 3.07. The third-order valence-corrected chi connectivity index (χ3v) is 5.78. The number of carboxylic acid groups (broad SMARTS) is 1. The highest BCUT2D eigenvalue weighted by molar-refractivity contribution is 5.91. The normalized spacial score (nSPS) is 11.2. The standard InChI is InChI=1S/C27H25N3O3/c1-17-13-22(27(32)33)11-12-25(17)30-18(2)14-23(19(30)3)16-28-29-26(31)15-21-9-6-8-20-7-4-5-10-24(20)21/h4-14,16H,15H2,1-3H3,(H,29,31)(H,32,33)/b28-16-. The highest BCUT2D eigenvalue weighted by Crippen LogP contribution is 2.23. The number of nitrogens with one attached hydrogen (secondary N) is 1. The number of rotatable bonds is 6. The van der Waals surface area contributed by atoms with Crippen LogP contribution in [0.5, 0.6) is 0 Å². The molecular weight excluding hydrogens is 414 g/mol. The van der Waals surface area contributed by atoms with Gasteiger partial charge in [-0.15, -0.1) is 0 Å². The van der Waals surface area contributed by atoms with Gasteiger partial charge in [0, 0.05) is 22.6 Å². The van der Waals surface area contributed by atoms with Crippen LogP contribution < -0.4 is 5.43 Å². The zero-order chi connectivity index (χ0) is 23.5. The van der Waals surface area contributed by atoms with Gasteiger partial charge in [-0.05, 0) is 66.9 Å². The number of nitrogens with zero attached hydrogens (tertiary/aromatic N) is 2. The summed E-state index contributed by atoms with van der Waals surface area (Å²) in [5, 5.41) is 15.5. The maximum atomic E-state index is 12.5. The van der Waals surface area contributed by atoms with E-state index in [1.165, 1.54) is 0 Å². The third kappa shape index (κ3) is 4.55. The number of amides is 1. The van der Waals surface area contributed by atoms with Crippen molar-refractivity contribution >= 4 is 28.9 Å². The van der Waals surface area contributed by atoms with Crippen LogP contribution in [0.25, 0.3) is 16.5 Å². The first-order valence-electron chi connectivity index (χ1n) is 10.7. The van der Waals surface area contributed by atoms with Crippen molar-refractivity contribution in [2.75, 3.05) is 0 Å². The maximum Gasteiger partial charge on any atom is 0.335 e. The molecule has 0 aliphatic carbocycles. The summed E-state index contributed by atoms with van der Waals surface area (Å²) in [7, 11) is 0. The molecular formula is C27H25N3O3. The molecule has 3 aromatic carbocycles. The number of hydrazone groups is 1. The van der Waals surface area contributed by atoms with Crippen molar-refractivity contribution in [3.8, 4) is 5.69 Å². The molecule has 0 spiro atoms. The molecule has 4 rings (SSSR count).